The minimum Gasteiger partial charge on any atom is -0.356 e. The molecule has 0 atom stereocenters. The van der Waals surface area contributed by atoms with E-state index in [0.717, 1.165) is 34.0 Å². The lowest BCUT2D eigenvalue weighted by atomic mass is 10.1. The van der Waals surface area contributed by atoms with Crippen LogP contribution in [0.1, 0.15) is 23.1 Å². The molecule has 0 unspecified atom stereocenters. The van der Waals surface area contributed by atoms with Crippen LogP contribution in [0.5, 0.6) is 0 Å². The molecule has 1 heterocycles. The zero-order valence-electron chi connectivity index (χ0n) is 8.96. The highest BCUT2D eigenvalue weighted by molar-refractivity contribution is 9.10. The Hall–Kier alpha value is -1.35. The van der Waals surface area contributed by atoms with Crippen molar-refractivity contribution in [1.29, 1.82) is 0 Å². The molecule has 82 valence electrons. The number of carbonyl (C=O) groups is 1. The predicted molar refractivity (Wildman–Crippen MR) is 68.7 cm³/mol. The van der Waals surface area contributed by atoms with Gasteiger partial charge in [-0.3, -0.25) is 4.79 Å². The number of aromatic amines is 1. The Labute approximate surface area is 103 Å². The van der Waals surface area contributed by atoms with Crippen molar-refractivity contribution in [3.8, 4) is 11.1 Å². The summed E-state index contributed by atoms with van der Waals surface area (Å²) in [6, 6.07) is 9.98. The summed E-state index contributed by atoms with van der Waals surface area (Å²) in [4.78, 5) is 14.1. The third-order valence-electron chi connectivity index (χ3n) is 2.56. The molecule has 0 saturated heterocycles. The molecule has 0 aliphatic carbocycles. The number of aldehydes is 1. The SMILES string of the molecule is CCc1cc(-c2ccc(Br)cc2)c(C=O)[nH]1. The number of aryl methyl sites for hydroxylation is 1. The van der Waals surface area contributed by atoms with Crippen molar-refractivity contribution in [1.82, 2.24) is 4.98 Å². The second kappa shape index (κ2) is 4.66. The molecular weight excluding hydrogens is 266 g/mol. The van der Waals surface area contributed by atoms with Gasteiger partial charge in [-0.25, -0.2) is 0 Å². The van der Waals surface area contributed by atoms with E-state index in [0.29, 0.717) is 5.69 Å². The number of hydrogen-bond acceptors (Lipinski definition) is 1. The van der Waals surface area contributed by atoms with E-state index < -0.39 is 0 Å². The zero-order chi connectivity index (χ0) is 11.5. The number of hydrogen-bond donors (Lipinski definition) is 1. The fourth-order valence-corrected chi connectivity index (χ4v) is 1.94. The quantitative estimate of drug-likeness (QED) is 0.850. The van der Waals surface area contributed by atoms with Crippen molar-refractivity contribution in [3.63, 3.8) is 0 Å². The highest BCUT2D eigenvalue weighted by Gasteiger charge is 2.08. The minimum atomic E-state index is 0.652. The number of H-pyrrole nitrogens is 1. The Morgan fingerprint density at radius 1 is 1.31 bits per heavy atom. The van der Waals surface area contributed by atoms with Gasteiger partial charge in [0.1, 0.15) is 0 Å². The van der Waals surface area contributed by atoms with Crippen LogP contribution in [0.3, 0.4) is 0 Å². The van der Waals surface area contributed by atoms with Gasteiger partial charge in [-0.2, -0.15) is 0 Å². The third-order valence-corrected chi connectivity index (χ3v) is 3.09. The third kappa shape index (κ3) is 2.09. The summed E-state index contributed by atoms with van der Waals surface area (Å²) in [5, 5.41) is 0. The zero-order valence-corrected chi connectivity index (χ0v) is 10.5. The molecule has 0 fully saturated rings. The van der Waals surface area contributed by atoms with E-state index >= 15 is 0 Å². The summed E-state index contributed by atoms with van der Waals surface area (Å²) < 4.78 is 1.04. The van der Waals surface area contributed by atoms with Gasteiger partial charge in [0, 0.05) is 15.7 Å². The highest BCUT2D eigenvalue weighted by Crippen LogP contribution is 2.25. The molecule has 0 amide bonds. The van der Waals surface area contributed by atoms with E-state index in [-0.39, 0.29) is 0 Å². The van der Waals surface area contributed by atoms with Crippen LogP contribution in [-0.4, -0.2) is 11.3 Å². The summed E-state index contributed by atoms with van der Waals surface area (Å²) in [6.07, 6.45) is 1.77. The molecule has 0 radical (unpaired) electrons. The van der Waals surface area contributed by atoms with Crippen LogP contribution >= 0.6 is 15.9 Å². The summed E-state index contributed by atoms with van der Waals surface area (Å²) in [5.74, 6) is 0. The standard InChI is InChI=1S/C13H12BrNO/c1-2-11-7-12(13(8-16)15-11)9-3-5-10(14)6-4-9/h3-8,15H,2H2,1H3. The smallest absolute Gasteiger partial charge is 0.166 e. The van der Waals surface area contributed by atoms with E-state index in [9.17, 15) is 4.79 Å². The number of halogens is 1. The van der Waals surface area contributed by atoms with Crippen molar-refractivity contribution in [3.05, 3.63) is 46.2 Å². The second-order valence-electron chi connectivity index (χ2n) is 3.60. The number of benzene rings is 1. The summed E-state index contributed by atoms with van der Waals surface area (Å²) in [7, 11) is 0. The van der Waals surface area contributed by atoms with Gasteiger partial charge in [-0.1, -0.05) is 35.0 Å². The fraction of sp³-hybridized carbons (Fsp3) is 0.154. The van der Waals surface area contributed by atoms with E-state index in [1.807, 2.05) is 30.3 Å². The number of nitrogens with one attached hydrogen (secondary N) is 1. The van der Waals surface area contributed by atoms with Gasteiger partial charge in [0.2, 0.25) is 0 Å². The molecule has 2 rings (SSSR count). The van der Waals surface area contributed by atoms with Crippen LogP contribution in [0.4, 0.5) is 0 Å². The molecule has 0 saturated carbocycles. The van der Waals surface area contributed by atoms with Gasteiger partial charge in [-0.05, 0) is 30.2 Å². The van der Waals surface area contributed by atoms with Crippen LogP contribution in [0.15, 0.2) is 34.8 Å². The average Bonchev–Trinajstić information content (AvgIpc) is 2.73. The molecule has 0 spiro atoms. The monoisotopic (exact) mass is 277 g/mol. The van der Waals surface area contributed by atoms with Crippen molar-refractivity contribution in [2.24, 2.45) is 0 Å². The minimum absolute atomic E-state index is 0.652. The average molecular weight is 278 g/mol. The summed E-state index contributed by atoms with van der Waals surface area (Å²) >= 11 is 3.40. The Morgan fingerprint density at radius 2 is 2.00 bits per heavy atom. The Kier molecular flexibility index (Phi) is 3.25. The molecule has 1 aromatic carbocycles. The van der Waals surface area contributed by atoms with Crippen molar-refractivity contribution >= 4 is 22.2 Å². The summed E-state index contributed by atoms with van der Waals surface area (Å²) in [6.45, 7) is 2.06. The van der Waals surface area contributed by atoms with Crippen LogP contribution in [0.25, 0.3) is 11.1 Å². The van der Waals surface area contributed by atoms with Gasteiger partial charge in [-0.15, -0.1) is 0 Å². The summed E-state index contributed by atoms with van der Waals surface area (Å²) in [5.41, 5.74) is 3.76. The number of rotatable bonds is 3. The first-order valence-corrected chi connectivity index (χ1v) is 5.97. The first-order valence-electron chi connectivity index (χ1n) is 5.17. The van der Waals surface area contributed by atoms with Crippen LogP contribution in [0, 0.1) is 0 Å². The Morgan fingerprint density at radius 3 is 2.56 bits per heavy atom. The van der Waals surface area contributed by atoms with Gasteiger partial charge in [0.25, 0.3) is 0 Å². The lowest BCUT2D eigenvalue weighted by molar-refractivity contribution is 0.112. The van der Waals surface area contributed by atoms with E-state index in [1.165, 1.54) is 0 Å². The fourth-order valence-electron chi connectivity index (χ4n) is 1.68. The Bertz CT molecular complexity index is 499. The number of carbonyl (C=O) groups excluding carboxylic acids is 1. The normalized spacial score (nSPS) is 10.4. The molecule has 2 nitrogen and oxygen atoms in total. The largest absolute Gasteiger partial charge is 0.356 e. The highest BCUT2D eigenvalue weighted by atomic mass is 79.9. The van der Waals surface area contributed by atoms with Gasteiger partial charge >= 0.3 is 0 Å². The molecule has 16 heavy (non-hydrogen) atoms. The maximum Gasteiger partial charge on any atom is 0.166 e. The van der Waals surface area contributed by atoms with Crippen LogP contribution in [-0.2, 0) is 6.42 Å². The maximum absolute atomic E-state index is 11.0. The molecule has 2 aromatic rings. The van der Waals surface area contributed by atoms with E-state index in [4.69, 9.17) is 0 Å². The van der Waals surface area contributed by atoms with Gasteiger partial charge in [0.15, 0.2) is 6.29 Å². The second-order valence-corrected chi connectivity index (χ2v) is 4.52. The molecule has 3 heteroatoms. The number of aromatic nitrogens is 1. The molecule has 0 aliphatic rings. The first kappa shape index (κ1) is 11.1. The van der Waals surface area contributed by atoms with Crippen molar-refractivity contribution < 1.29 is 4.79 Å². The molecular formula is C13H12BrNO. The molecule has 0 bridgehead atoms. The van der Waals surface area contributed by atoms with Crippen LogP contribution < -0.4 is 0 Å². The Balaban J connectivity index is 2.49. The van der Waals surface area contributed by atoms with E-state index in [2.05, 4.69) is 27.8 Å². The van der Waals surface area contributed by atoms with Gasteiger partial charge < -0.3 is 4.98 Å². The molecule has 0 aliphatic heterocycles. The van der Waals surface area contributed by atoms with E-state index in [1.54, 1.807) is 0 Å². The van der Waals surface area contributed by atoms with Crippen LogP contribution in [0.2, 0.25) is 0 Å². The predicted octanol–water partition coefficient (Wildman–Crippen LogP) is 3.82. The topological polar surface area (TPSA) is 32.9 Å². The van der Waals surface area contributed by atoms with Crippen molar-refractivity contribution in [2.45, 2.75) is 13.3 Å². The maximum atomic E-state index is 11.0. The lowest BCUT2D eigenvalue weighted by Crippen LogP contribution is -1.84. The molecule has 1 N–H and O–H groups in total. The molecule has 1 aromatic heterocycles. The van der Waals surface area contributed by atoms with Gasteiger partial charge in [0.05, 0.1) is 5.69 Å². The van der Waals surface area contributed by atoms with Crippen molar-refractivity contribution in [2.75, 3.05) is 0 Å². The first-order chi connectivity index (χ1) is 7.74. The lowest BCUT2D eigenvalue weighted by Gasteiger charge is -1.99.